The van der Waals surface area contributed by atoms with E-state index in [1.165, 1.54) is 0 Å². The number of carbonyl (C=O) groups excluding carboxylic acids is 2. The van der Waals surface area contributed by atoms with Crippen LogP contribution in [-0.2, 0) is 19.4 Å². The Kier molecular flexibility index (Phi) is 6.79. The van der Waals surface area contributed by atoms with Crippen LogP contribution in [0.25, 0.3) is 5.76 Å². The van der Waals surface area contributed by atoms with Crippen LogP contribution < -0.4 is 20.9 Å². The normalized spacial score (nSPS) is 16.0. The number of nitrogens with one attached hydrogen (secondary N) is 1. The monoisotopic (exact) mass is 522 g/mol. The Bertz CT molecular complexity index is 1420. The maximum Gasteiger partial charge on any atom is 0.256 e. The van der Waals surface area contributed by atoms with Gasteiger partial charge in [0, 0.05) is 58.1 Å². The van der Waals surface area contributed by atoms with Gasteiger partial charge in [-0.05, 0) is 42.9 Å². The van der Waals surface area contributed by atoms with Crippen LogP contribution in [-0.4, -0.2) is 66.9 Å². The number of nitrogens with two attached hydrogens (primary N) is 1. The smallest absolute Gasteiger partial charge is 0.256 e. The van der Waals surface area contributed by atoms with Crippen LogP contribution >= 0.6 is 0 Å². The van der Waals surface area contributed by atoms with Crippen LogP contribution in [0.1, 0.15) is 49.9 Å². The van der Waals surface area contributed by atoms with Crippen LogP contribution in [0.4, 0.5) is 11.4 Å². The van der Waals surface area contributed by atoms with Crippen molar-refractivity contribution in [2.45, 2.75) is 26.3 Å². The number of carbonyl (C=O) groups is 2. The molecule has 0 radical (unpaired) electrons. The standard InChI is InChI=1S/C28H34N4O6/c1-12(2)10-30-11-14-9-17(31(3)4)15-7-13-8-16-20(25(35)18(13)24(34)19(15)23(14)33)26(36)21(28(29)38)27(37)22(16)32(5)6/h9,13,30,33,35-37H,1,7-8,10-11H2,2-6H3,(H2,29,38)/t13-/m0/s1. The molecule has 0 saturated heterocycles. The number of ketones is 1. The summed E-state index contributed by atoms with van der Waals surface area (Å²) in [6.07, 6.45) is 0.523. The highest BCUT2D eigenvalue weighted by Crippen LogP contribution is 2.53. The number of nitrogens with zero attached hydrogens (tertiary/aromatic N) is 2. The average Bonchev–Trinajstić information content (AvgIpc) is 2.79. The lowest BCUT2D eigenvalue weighted by molar-refractivity contribution is 0.0991. The van der Waals surface area contributed by atoms with Crippen LogP contribution in [0.2, 0.25) is 0 Å². The number of hydrogen-bond donors (Lipinski definition) is 6. The molecule has 4 rings (SSSR count). The summed E-state index contributed by atoms with van der Waals surface area (Å²) in [6.45, 7) is 6.58. The molecule has 10 heteroatoms. The summed E-state index contributed by atoms with van der Waals surface area (Å²) >= 11 is 0. The topological polar surface area (TPSA) is 160 Å². The molecule has 0 heterocycles. The van der Waals surface area contributed by atoms with Gasteiger partial charge in [0.1, 0.15) is 22.8 Å². The third-order valence-corrected chi connectivity index (χ3v) is 7.18. The van der Waals surface area contributed by atoms with Crippen molar-refractivity contribution in [1.82, 2.24) is 5.32 Å². The van der Waals surface area contributed by atoms with E-state index in [0.29, 0.717) is 36.2 Å². The molecule has 2 aliphatic carbocycles. The molecular weight excluding hydrogens is 488 g/mol. The van der Waals surface area contributed by atoms with Gasteiger partial charge in [0.25, 0.3) is 5.91 Å². The van der Waals surface area contributed by atoms with Gasteiger partial charge in [0.15, 0.2) is 11.5 Å². The molecule has 38 heavy (non-hydrogen) atoms. The molecule has 2 aromatic carbocycles. The number of amides is 1. The van der Waals surface area contributed by atoms with E-state index >= 15 is 0 Å². The number of phenolic OH excluding ortho intramolecular Hbond substituents is 1. The lowest BCUT2D eigenvalue weighted by atomic mass is 9.70. The molecular formula is C28H34N4O6. The van der Waals surface area contributed by atoms with Crippen LogP contribution in [0.5, 0.6) is 17.2 Å². The number of allylic oxidation sites excluding steroid dienone is 1. The first-order valence-corrected chi connectivity index (χ1v) is 12.2. The Hall–Kier alpha value is -4.18. The van der Waals surface area contributed by atoms with Crippen molar-refractivity contribution in [1.29, 1.82) is 0 Å². The SMILES string of the molecule is C=C(C)CNCc1cc(N(C)C)c2c(c1O)C(=O)C1=C(O)c3c(O)c(C(N)=O)c(O)c(N(C)C)c3C[C@@H]1C2. The molecule has 0 unspecified atom stereocenters. The molecule has 0 aromatic heterocycles. The first-order chi connectivity index (χ1) is 17.8. The third-order valence-electron chi connectivity index (χ3n) is 7.18. The average molecular weight is 523 g/mol. The maximum atomic E-state index is 14.0. The second-order valence-corrected chi connectivity index (χ2v) is 10.4. The van der Waals surface area contributed by atoms with E-state index in [1.54, 1.807) is 19.0 Å². The van der Waals surface area contributed by atoms with Crippen molar-refractivity contribution >= 4 is 28.8 Å². The number of rotatable bonds is 7. The van der Waals surface area contributed by atoms with Gasteiger partial charge in [-0.15, -0.1) is 0 Å². The van der Waals surface area contributed by atoms with Crippen molar-refractivity contribution in [2.75, 3.05) is 44.5 Å². The quantitative estimate of drug-likeness (QED) is 0.300. The molecule has 0 bridgehead atoms. The lowest BCUT2D eigenvalue weighted by Gasteiger charge is -2.36. The molecule has 10 nitrogen and oxygen atoms in total. The minimum Gasteiger partial charge on any atom is -0.507 e. The van der Waals surface area contributed by atoms with Crippen LogP contribution in [0.15, 0.2) is 23.8 Å². The van der Waals surface area contributed by atoms with E-state index in [1.807, 2.05) is 32.0 Å². The number of anilines is 2. The van der Waals surface area contributed by atoms with Gasteiger partial charge in [-0.2, -0.15) is 0 Å². The predicted octanol–water partition coefficient (Wildman–Crippen LogP) is 2.58. The molecule has 0 fully saturated rings. The summed E-state index contributed by atoms with van der Waals surface area (Å²) in [5, 5.41) is 47.6. The van der Waals surface area contributed by atoms with Crippen molar-refractivity contribution in [3.05, 3.63) is 57.2 Å². The number of benzene rings is 2. The first-order valence-electron chi connectivity index (χ1n) is 12.2. The predicted molar refractivity (Wildman–Crippen MR) is 146 cm³/mol. The fourth-order valence-electron chi connectivity index (χ4n) is 5.60. The second kappa shape index (κ2) is 9.60. The van der Waals surface area contributed by atoms with Gasteiger partial charge in [-0.3, -0.25) is 9.59 Å². The summed E-state index contributed by atoms with van der Waals surface area (Å²) in [5.41, 5.74) is 8.41. The third kappa shape index (κ3) is 4.10. The fourth-order valence-corrected chi connectivity index (χ4v) is 5.60. The van der Waals surface area contributed by atoms with E-state index < -0.39 is 40.4 Å². The van der Waals surface area contributed by atoms with Gasteiger partial charge in [0.05, 0.1) is 16.8 Å². The Balaban J connectivity index is 1.96. The highest BCUT2D eigenvalue weighted by atomic mass is 16.3. The van der Waals surface area contributed by atoms with Gasteiger partial charge in [-0.1, -0.05) is 12.2 Å². The minimum atomic E-state index is -1.08. The largest absolute Gasteiger partial charge is 0.507 e. The van der Waals surface area contributed by atoms with Crippen LogP contribution in [0, 0.1) is 5.92 Å². The number of primary amides is 1. The number of Topliss-reactive ketones (excluding diaryl/α,β-unsaturated/α-hetero) is 1. The molecule has 0 aliphatic heterocycles. The number of aliphatic hydroxyl groups excluding tert-OH is 1. The Morgan fingerprint density at radius 1 is 1.03 bits per heavy atom. The molecule has 202 valence electrons. The molecule has 2 aromatic rings. The van der Waals surface area contributed by atoms with Crippen molar-refractivity contribution in [3.8, 4) is 17.2 Å². The molecule has 2 aliphatic rings. The lowest BCUT2D eigenvalue weighted by Crippen LogP contribution is -2.32. The summed E-state index contributed by atoms with van der Waals surface area (Å²) in [5.74, 6) is -3.97. The van der Waals surface area contributed by atoms with E-state index in [9.17, 15) is 30.0 Å². The zero-order valence-electron chi connectivity index (χ0n) is 22.3. The van der Waals surface area contributed by atoms with Crippen molar-refractivity contribution in [2.24, 2.45) is 11.7 Å². The Morgan fingerprint density at radius 2 is 1.66 bits per heavy atom. The zero-order valence-corrected chi connectivity index (χ0v) is 22.3. The molecule has 0 saturated carbocycles. The molecule has 0 spiro atoms. The molecule has 7 N–H and O–H groups in total. The van der Waals surface area contributed by atoms with E-state index in [2.05, 4.69) is 11.9 Å². The highest BCUT2D eigenvalue weighted by Gasteiger charge is 2.43. The summed E-state index contributed by atoms with van der Waals surface area (Å²) in [7, 11) is 7.01. The number of aromatic hydroxyl groups is 3. The van der Waals surface area contributed by atoms with Crippen molar-refractivity contribution < 1.29 is 30.0 Å². The highest BCUT2D eigenvalue weighted by molar-refractivity contribution is 6.18. The second-order valence-electron chi connectivity index (χ2n) is 10.4. The van der Waals surface area contributed by atoms with Crippen molar-refractivity contribution in [3.63, 3.8) is 0 Å². The van der Waals surface area contributed by atoms with E-state index in [-0.39, 0.29) is 34.6 Å². The summed E-state index contributed by atoms with van der Waals surface area (Å²) < 4.78 is 0. The van der Waals surface area contributed by atoms with Crippen LogP contribution in [0.3, 0.4) is 0 Å². The Morgan fingerprint density at radius 3 is 2.21 bits per heavy atom. The molecule has 1 amide bonds. The zero-order chi connectivity index (χ0) is 28.2. The fraction of sp³-hybridized carbons (Fsp3) is 0.357. The van der Waals surface area contributed by atoms with Gasteiger partial charge in [0.2, 0.25) is 0 Å². The maximum absolute atomic E-state index is 14.0. The number of hydrogen-bond acceptors (Lipinski definition) is 9. The van der Waals surface area contributed by atoms with Gasteiger partial charge >= 0.3 is 0 Å². The summed E-state index contributed by atoms with van der Waals surface area (Å²) in [6, 6.07) is 1.85. The summed E-state index contributed by atoms with van der Waals surface area (Å²) in [4.78, 5) is 29.5. The number of fused-ring (bicyclic) bond motifs is 3. The molecule has 1 atom stereocenters. The van der Waals surface area contributed by atoms with E-state index in [4.69, 9.17) is 5.73 Å². The Labute approximate surface area is 221 Å². The first kappa shape index (κ1) is 26.9. The van der Waals surface area contributed by atoms with Gasteiger partial charge < -0.3 is 41.3 Å². The number of phenols is 3. The van der Waals surface area contributed by atoms with Gasteiger partial charge in [-0.25, -0.2) is 0 Å². The van der Waals surface area contributed by atoms with E-state index in [0.717, 1.165) is 11.3 Å². The number of aliphatic hydroxyl groups is 1. The minimum absolute atomic E-state index is 0.0400.